The minimum atomic E-state index is -0.482. The molecule has 8 heteroatoms. The second-order valence-corrected chi connectivity index (χ2v) is 7.64. The molecule has 2 heterocycles. The Morgan fingerprint density at radius 1 is 1.19 bits per heavy atom. The van der Waals surface area contributed by atoms with E-state index in [9.17, 15) is 4.79 Å². The first-order valence-electron chi connectivity index (χ1n) is 10.5. The molecule has 0 spiro atoms. The number of carbonyl (C=O) groups excluding carboxylic acids is 1. The number of aryl methyl sites for hydroxylation is 1. The number of carbonyl (C=O) groups is 1. The van der Waals surface area contributed by atoms with Crippen LogP contribution in [0.1, 0.15) is 36.6 Å². The molecule has 2 N–H and O–H groups in total. The van der Waals surface area contributed by atoms with Crippen molar-refractivity contribution in [1.29, 1.82) is 0 Å². The van der Waals surface area contributed by atoms with Crippen LogP contribution in [0, 0.1) is 13.8 Å². The molecule has 1 aromatic heterocycles. The molecule has 0 aliphatic carbocycles. The van der Waals surface area contributed by atoms with Crippen molar-refractivity contribution in [2.75, 3.05) is 24.4 Å². The van der Waals surface area contributed by atoms with Gasteiger partial charge in [0.15, 0.2) is 11.5 Å². The fraction of sp³-hybridized carbons (Fsp3) is 0.292. The Morgan fingerprint density at radius 2 is 2.00 bits per heavy atom. The SMILES string of the molecule is CCOc1cc(C2C(C(=O)Nc3cccc(C)c3C)=C(C)Nc3ncnn32)ccc1OC. The van der Waals surface area contributed by atoms with Crippen LogP contribution in [0.15, 0.2) is 54.0 Å². The fourth-order valence-corrected chi connectivity index (χ4v) is 3.90. The van der Waals surface area contributed by atoms with E-state index >= 15 is 0 Å². The van der Waals surface area contributed by atoms with Gasteiger partial charge in [0.25, 0.3) is 5.91 Å². The molecule has 1 atom stereocenters. The maximum absolute atomic E-state index is 13.6. The number of benzene rings is 2. The predicted octanol–water partition coefficient (Wildman–Crippen LogP) is 4.23. The second-order valence-electron chi connectivity index (χ2n) is 7.64. The van der Waals surface area contributed by atoms with Crippen molar-refractivity contribution >= 4 is 17.5 Å². The Balaban J connectivity index is 1.79. The molecule has 166 valence electrons. The predicted molar refractivity (Wildman–Crippen MR) is 123 cm³/mol. The molecule has 8 nitrogen and oxygen atoms in total. The largest absolute Gasteiger partial charge is 0.493 e. The van der Waals surface area contributed by atoms with Gasteiger partial charge in [0, 0.05) is 11.4 Å². The molecule has 0 fully saturated rings. The average molecular weight is 434 g/mol. The van der Waals surface area contributed by atoms with Gasteiger partial charge in [-0.1, -0.05) is 18.2 Å². The fourth-order valence-electron chi connectivity index (χ4n) is 3.90. The number of allylic oxidation sites excluding steroid dienone is 1. The Labute approximate surface area is 187 Å². The highest BCUT2D eigenvalue weighted by Crippen LogP contribution is 2.39. The van der Waals surface area contributed by atoms with E-state index in [2.05, 4.69) is 20.7 Å². The standard InChI is InChI=1S/C24H27N5O3/c1-6-32-20-12-17(10-11-19(20)31-5)22-21(16(4)27-24-25-13-26-29(22)24)23(30)28-18-9-7-8-14(2)15(18)3/h7-13,22H,6H2,1-5H3,(H,28,30)(H,25,26,27). The van der Waals surface area contributed by atoms with Crippen LogP contribution in [0.2, 0.25) is 0 Å². The van der Waals surface area contributed by atoms with Gasteiger partial charge in [-0.05, 0) is 62.6 Å². The Bertz CT molecular complexity index is 1200. The quantitative estimate of drug-likeness (QED) is 0.605. The first kappa shape index (κ1) is 21.4. The van der Waals surface area contributed by atoms with Crippen molar-refractivity contribution in [3.05, 3.63) is 70.7 Å². The Kier molecular flexibility index (Phi) is 5.85. The number of rotatable bonds is 6. The molecule has 1 unspecified atom stereocenters. The van der Waals surface area contributed by atoms with Crippen LogP contribution in [0.5, 0.6) is 11.5 Å². The monoisotopic (exact) mass is 433 g/mol. The third-order valence-corrected chi connectivity index (χ3v) is 5.70. The van der Waals surface area contributed by atoms with Crippen LogP contribution in [0.3, 0.4) is 0 Å². The van der Waals surface area contributed by atoms with Crippen molar-refractivity contribution in [2.24, 2.45) is 0 Å². The molecule has 3 aromatic rings. The molecule has 0 saturated heterocycles. The van der Waals surface area contributed by atoms with Gasteiger partial charge in [0.05, 0.1) is 19.3 Å². The summed E-state index contributed by atoms with van der Waals surface area (Å²) in [6, 6.07) is 11.0. The third kappa shape index (κ3) is 3.79. The summed E-state index contributed by atoms with van der Waals surface area (Å²) in [5.74, 6) is 1.61. The maximum Gasteiger partial charge on any atom is 0.255 e. The molecule has 4 rings (SSSR count). The zero-order valence-corrected chi connectivity index (χ0v) is 18.9. The highest BCUT2D eigenvalue weighted by Gasteiger charge is 2.34. The number of nitrogens with zero attached hydrogens (tertiary/aromatic N) is 3. The highest BCUT2D eigenvalue weighted by atomic mass is 16.5. The number of amides is 1. The summed E-state index contributed by atoms with van der Waals surface area (Å²) in [6.07, 6.45) is 1.47. The normalized spacial score (nSPS) is 15.1. The third-order valence-electron chi connectivity index (χ3n) is 5.70. The van der Waals surface area contributed by atoms with Crippen molar-refractivity contribution in [3.63, 3.8) is 0 Å². The minimum absolute atomic E-state index is 0.205. The van der Waals surface area contributed by atoms with Gasteiger partial charge in [-0.3, -0.25) is 4.79 Å². The van der Waals surface area contributed by atoms with Gasteiger partial charge in [0.1, 0.15) is 12.4 Å². The van der Waals surface area contributed by atoms with E-state index in [1.807, 2.05) is 64.1 Å². The molecule has 0 bridgehead atoms. The van der Waals surface area contributed by atoms with E-state index in [4.69, 9.17) is 9.47 Å². The van der Waals surface area contributed by atoms with Crippen LogP contribution < -0.4 is 20.1 Å². The van der Waals surface area contributed by atoms with Gasteiger partial charge in [-0.25, -0.2) is 4.68 Å². The lowest BCUT2D eigenvalue weighted by atomic mass is 9.94. The van der Waals surface area contributed by atoms with E-state index in [0.29, 0.717) is 35.3 Å². The maximum atomic E-state index is 13.6. The minimum Gasteiger partial charge on any atom is -0.493 e. The zero-order chi connectivity index (χ0) is 22.8. The summed E-state index contributed by atoms with van der Waals surface area (Å²) >= 11 is 0. The van der Waals surface area contributed by atoms with Gasteiger partial charge in [-0.2, -0.15) is 10.1 Å². The number of nitrogens with one attached hydrogen (secondary N) is 2. The van der Waals surface area contributed by atoms with Crippen LogP contribution in [0.25, 0.3) is 0 Å². The molecule has 0 saturated carbocycles. The number of ether oxygens (including phenoxy) is 2. The summed E-state index contributed by atoms with van der Waals surface area (Å²) in [5, 5.41) is 10.7. The lowest BCUT2D eigenvalue weighted by Gasteiger charge is -2.29. The summed E-state index contributed by atoms with van der Waals surface area (Å²) in [5.41, 5.74) is 5.03. The number of fused-ring (bicyclic) bond motifs is 1. The average Bonchev–Trinajstić information content (AvgIpc) is 3.24. The first-order chi connectivity index (χ1) is 15.4. The van der Waals surface area contributed by atoms with Crippen molar-refractivity contribution < 1.29 is 14.3 Å². The van der Waals surface area contributed by atoms with E-state index in [1.165, 1.54) is 6.33 Å². The summed E-state index contributed by atoms with van der Waals surface area (Å²) < 4.78 is 12.9. The molecule has 1 amide bonds. The molecule has 2 aromatic carbocycles. The second kappa shape index (κ2) is 8.74. The van der Waals surface area contributed by atoms with E-state index in [0.717, 1.165) is 22.4 Å². The Morgan fingerprint density at radius 3 is 2.75 bits per heavy atom. The van der Waals surface area contributed by atoms with E-state index < -0.39 is 6.04 Å². The summed E-state index contributed by atoms with van der Waals surface area (Å²) in [7, 11) is 1.60. The van der Waals surface area contributed by atoms with Crippen molar-refractivity contribution in [2.45, 2.75) is 33.7 Å². The number of hydrogen-bond donors (Lipinski definition) is 2. The van der Waals surface area contributed by atoms with Gasteiger partial charge in [0.2, 0.25) is 5.95 Å². The van der Waals surface area contributed by atoms with Crippen LogP contribution >= 0.6 is 0 Å². The molecular formula is C24H27N5O3. The van der Waals surface area contributed by atoms with Gasteiger partial charge >= 0.3 is 0 Å². The van der Waals surface area contributed by atoms with E-state index in [1.54, 1.807) is 11.8 Å². The number of anilines is 2. The van der Waals surface area contributed by atoms with Crippen LogP contribution in [-0.4, -0.2) is 34.4 Å². The molecule has 0 radical (unpaired) electrons. The topological polar surface area (TPSA) is 90.3 Å². The summed E-state index contributed by atoms with van der Waals surface area (Å²) in [4.78, 5) is 17.9. The van der Waals surface area contributed by atoms with Gasteiger partial charge in [-0.15, -0.1) is 0 Å². The number of hydrogen-bond acceptors (Lipinski definition) is 6. The number of aromatic nitrogens is 3. The van der Waals surface area contributed by atoms with E-state index in [-0.39, 0.29) is 5.91 Å². The lowest BCUT2D eigenvalue weighted by Crippen LogP contribution is -2.31. The Hall–Kier alpha value is -3.81. The molecule has 32 heavy (non-hydrogen) atoms. The van der Waals surface area contributed by atoms with Gasteiger partial charge < -0.3 is 20.1 Å². The molecule has 1 aliphatic rings. The summed E-state index contributed by atoms with van der Waals surface area (Å²) in [6.45, 7) is 8.30. The van der Waals surface area contributed by atoms with Crippen molar-refractivity contribution in [1.82, 2.24) is 14.8 Å². The first-order valence-corrected chi connectivity index (χ1v) is 10.5. The van der Waals surface area contributed by atoms with Crippen molar-refractivity contribution in [3.8, 4) is 11.5 Å². The lowest BCUT2D eigenvalue weighted by molar-refractivity contribution is -0.113. The zero-order valence-electron chi connectivity index (χ0n) is 18.9. The molecule has 1 aliphatic heterocycles. The number of methoxy groups -OCH3 is 1. The smallest absolute Gasteiger partial charge is 0.255 e. The van der Waals surface area contributed by atoms with Crippen LogP contribution in [-0.2, 0) is 4.79 Å². The highest BCUT2D eigenvalue weighted by molar-refractivity contribution is 6.06. The molecular weight excluding hydrogens is 406 g/mol. The van der Waals surface area contributed by atoms with Crippen LogP contribution in [0.4, 0.5) is 11.6 Å².